The first-order valence-electron chi connectivity index (χ1n) is 3.52. The topological polar surface area (TPSA) is 72.5 Å². The molecule has 0 fully saturated rings. The Labute approximate surface area is 84.0 Å². The van der Waals surface area contributed by atoms with E-state index in [0.29, 0.717) is 6.08 Å². The summed E-state index contributed by atoms with van der Waals surface area (Å²) in [5, 5.41) is 0. The summed E-state index contributed by atoms with van der Waals surface area (Å²) in [5.41, 5.74) is -5.44. The first-order valence-corrected chi connectivity index (χ1v) is 5.00. The minimum Gasteiger partial charge on any atom is -0.443 e. The molecular formula is C6H8F3NO4S. The Balaban J connectivity index is 4.49. The molecule has 1 unspecified atom stereocenters. The van der Waals surface area contributed by atoms with Gasteiger partial charge in [-0.1, -0.05) is 6.58 Å². The maximum atomic E-state index is 11.8. The number of halogens is 3. The van der Waals surface area contributed by atoms with Crippen LogP contribution in [0.15, 0.2) is 12.7 Å². The van der Waals surface area contributed by atoms with Gasteiger partial charge in [0.15, 0.2) is 6.23 Å². The summed E-state index contributed by atoms with van der Waals surface area (Å²) in [6, 6.07) is 0. The van der Waals surface area contributed by atoms with Crippen LogP contribution in [-0.2, 0) is 19.6 Å². The normalized spacial score (nSPS) is 14.4. The fourth-order valence-corrected chi connectivity index (χ4v) is 1.15. The summed E-state index contributed by atoms with van der Waals surface area (Å²) in [5.74, 6) is -1.03. The molecule has 0 saturated heterocycles. The first kappa shape index (κ1) is 13.9. The van der Waals surface area contributed by atoms with Crippen LogP contribution in [0, 0.1) is 0 Å². The van der Waals surface area contributed by atoms with E-state index in [1.807, 2.05) is 0 Å². The van der Waals surface area contributed by atoms with E-state index in [1.165, 1.54) is 0 Å². The average Bonchev–Trinajstić information content (AvgIpc) is 2.00. The van der Waals surface area contributed by atoms with E-state index >= 15 is 0 Å². The molecule has 0 aromatic carbocycles. The van der Waals surface area contributed by atoms with Crippen molar-refractivity contribution >= 4 is 16.0 Å². The van der Waals surface area contributed by atoms with Crippen molar-refractivity contribution in [1.29, 1.82) is 0 Å². The lowest BCUT2D eigenvalue weighted by Gasteiger charge is -2.15. The summed E-state index contributed by atoms with van der Waals surface area (Å²) in [6.45, 7) is 3.92. The number of nitrogens with one attached hydrogen (secondary N) is 1. The Kier molecular flexibility index (Phi) is 4.28. The monoisotopic (exact) mass is 247 g/mol. The third-order valence-corrected chi connectivity index (χ3v) is 2.34. The van der Waals surface area contributed by atoms with E-state index in [0.717, 1.165) is 11.6 Å². The predicted octanol–water partition coefficient (Wildman–Crippen LogP) is 0.501. The molecule has 88 valence electrons. The molecule has 0 aromatic rings. The summed E-state index contributed by atoms with van der Waals surface area (Å²) >= 11 is 0. The van der Waals surface area contributed by atoms with Gasteiger partial charge in [0, 0.05) is 6.08 Å². The number of sulfonamides is 1. The number of alkyl halides is 3. The summed E-state index contributed by atoms with van der Waals surface area (Å²) < 4.78 is 61.7. The third kappa shape index (κ3) is 4.30. The molecule has 0 heterocycles. The molecule has 0 aliphatic rings. The van der Waals surface area contributed by atoms with E-state index in [-0.39, 0.29) is 0 Å². The molecule has 1 N–H and O–H groups in total. The zero-order valence-corrected chi connectivity index (χ0v) is 8.35. The smallest absolute Gasteiger partial charge is 0.443 e. The standard InChI is InChI=1S/C6H8F3NO4S/c1-3-5(11)14-4(2)10-15(12,13)6(7,8)9/h3-4,10H,1H2,2H3. The van der Waals surface area contributed by atoms with Crippen molar-refractivity contribution in [3.8, 4) is 0 Å². The van der Waals surface area contributed by atoms with E-state index in [9.17, 15) is 26.4 Å². The molecular weight excluding hydrogens is 239 g/mol. The molecule has 0 radical (unpaired) electrons. The van der Waals surface area contributed by atoms with Crippen LogP contribution < -0.4 is 4.72 Å². The Hall–Kier alpha value is -1.09. The van der Waals surface area contributed by atoms with Gasteiger partial charge in [-0.3, -0.25) is 0 Å². The van der Waals surface area contributed by atoms with Gasteiger partial charge in [0.25, 0.3) is 0 Å². The van der Waals surface area contributed by atoms with Gasteiger partial charge in [-0.25, -0.2) is 13.2 Å². The molecule has 9 heteroatoms. The first-order chi connectivity index (χ1) is 6.60. The summed E-state index contributed by atoms with van der Waals surface area (Å²) in [7, 11) is -5.51. The minimum absolute atomic E-state index is 0.693. The van der Waals surface area contributed by atoms with Gasteiger partial charge in [-0.15, -0.1) is 0 Å². The molecule has 0 saturated carbocycles. The van der Waals surface area contributed by atoms with Crippen molar-refractivity contribution in [3.05, 3.63) is 12.7 Å². The van der Waals surface area contributed by atoms with Gasteiger partial charge in [0.1, 0.15) is 0 Å². The van der Waals surface area contributed by atoms with Crippen molar-refractivity contribution in [3.63, 3.8) is 0 Å². The third-order valence-electron chi connectivity index (χ3n) is 1.09. The Morgan fingerprint density at radius 2 is 2.00 bits per heavy atom. The van der Waals surface area contributed by atoms with E-state index < -0.39 is 27.7 Å². The quantitative estimate of drug-likeness (QED) is 0.446. The van der Waals surface area contributed by atoms with Crippen molar-refractivity contribution in [1.82, 2.24) is 4.72 Å². The van der Waals surface area contributed by atoms with Crippen LogP contribution in [-0.4, -0.2) is 26.1 Å². The highest BCUT2D eigenvalue weighted by atomic mass is 32.2. The van der Waals surface area contributed by atoms with Gasteiger partial charge in [0.2, 0.25) is 0 Å². The van der Waals surface area contributed by atoms with E-state index in [2.05, 4.69) is 11.3 Å². The Morgan fingerprint density at radius 3 is 2.33 bits per heavy atom. The van der Waals surface area contributed by atoms with Crippen LogP contribution >= 0.6 is 0 Å². The number of rotatable bonds is 4. The van der Waals surface area contributed by atoms with Gasteiger partial charge in [-0.2, -0.15) is 17.9 Å². The zero-order chi connectivity index (χ0) is 12.3. The van der Waals surface area contributed by atoms with Crippen molar-refractivity contribution in [2.75, 3.05) is 0 Å². The number of hydrogen-bond acceptors (Lipinski definition) is 4. The SMILES string of the molecule is C=CC(=O)OC(C)NS(=O)(=O)C(F)(F)F. The number of carbonyl (C=O) groups is 1. The highest BCUT2D eigenvalue weighted by Gasteiger charge is 2.46. The van der Waals surface area contributed by atoms with Crippen LogP contribution in [0.3, 0.4) is 0 Å². The average molecular weight is 247 g/mol. The van der Waals surface area contributed by atoms with Crippen LogP contribution in [0.2, 0.25) is 0 Å². The maximum absolute atomic E-state index is 11.8. The van der Waals surface area contributed by atoms with Gasteiger partial charge < -0.3 is 4.74 Å². The number of carbonyl (C=O) groups excluding carboxylic acids is 1. The van der Waals surface area contributed by atoms with Crippen molar-refractivity contribution < 1.29 is 31.1 Å². The molecule has 5 nitrogen and oxygen atoms in total. The largest absolute Gasteiger partial charge is 0.511 e. The minimum atomic E-state index is -5.51. The molecule has 0 spiro atoms. The lowest BCUT2D eigenvalue weighted by molar-refractivity contribution is -0.142. The summed E-state index contributed by atoms with van der Waals surface area (Å²) in [4.78, 5) is 10.5. The van der Waals surface area contributed by atoms with Crippen molar-refractivity contribution in [2.45, 2.75) is 18.7 Å². The second-order valence-corrected chi connectivity index (χ2v) is 4.06. The molecule has 0 aromatic heterocycles. The lowest BCUT2D eigenvalue weighted by atomic mass is 10.6. The van der Waals surface area contributed by atoms with Crippen LogP contribution in [0.4, 0.5) is 13.2 Å². The van der Waals surface area contributed by atoms with Gasteiger partial charge in [0.05, 0.1) is 0 Å². The molecule has 1 atom stereocenters. The molecule has 15 heavy (non-hydrogen) atoms. The number of hydrogen-bond donors (Lipinski definition) is 1. The highest BCUT2D eigenvalue weighted by Crippen LogP contribution is 2.21. The van der Waals surface area contributed by atoms with E-state index in [4.69, 9.17) is 0 Å². The predicted molar refractivity (Wildman–Crippen MR) is 43.9 cm³/mol. The second-order valence-electron chi connectivity index (χ2n) is 2.35. The van der Waals surface area contributed by atoms with Crippen LogP contribution in [0.25, 0.3) is 0 Å². The molecule has 0 aliphatic heterocycles. The zero-order valence-electron chi connectivity index (χ0n) is 7.54. The molecule has 0 aliphatic carbocycles. The lowest BCUT2D eigenvalue weighted by Crippen LogP contribution is -2.43. The molecule has 0 rings (SSSR count). The van der Waals surface area contributed by atoms with Crippen LogP contribution in [0.5, 0.6) is 0 Å². The Morgan fingerprint density at radius 1 is 1.53 bits per heavy atom. The highest BCUT2D eigenvalue weighted by molar-refractivity contribution is 7.90. The van der Waals surface area contributed by atoms with E-state index in [1.54, 1.807) is 0 Å². The Bertz CT molecular complexity index is 348. The molecule has 0 bridgehead atoms. The van der Waals surface area contributed by atoms with Gasteiger partial charge >= 0.3 is 21.5 Å². The number of ether oxygens (including phenoxy) is 1. The second kappa shape index (κ2) is 4.62. The maximum Gasteiger partial charge on any atom is 0.511 e. The molecule has 0 amide bonds. The fraction of sp³-hybridized carbons (Fsp3) is 0.500. The van der Waals surface area contributed by atoms with Gasteiger partial charge in [-0.05, 0) is 6.92 Å². The van der Waals surface area contributed by atoms with Crippen LogP contribution in [0.1, 0.15) is 6.92 Å². The number of esters is 1. The summed E-state index contributed by atoms with van der Waals surface area (Å²) in [6.07, 6.45) is -0.930. The fourth-order valence-electron chi connectivity index (χ4n) is 0.532. The van der Waals surface area contributed by atoms with Crippen molar-refractivity contribution in [2.24, 2.45) is 0 Å².